The van der Waals surface area contributed by atoms with Gasteiger partial charge in [-0.1, -0.05) is 24.3 Å². The van der Waals surface area contributed by atoms with Crippen molar-refractivity contribution in [2.75, 3.05) is 16.8 Å². The molecule has 1 fully saturated rings. The number of ether oxygens (including phenoxy) is 1. The molecule has 2 aliphatic rings. The minimum atomic E-state index is -0.607. The van der Waals surface area contributed by atoms with E-state index in [9.17, 15) is 14.4 Å². The number of imide groups is 1. The number of amides is 4. The van der Waals surface area contributed by atoms with Crippen molar-refractivity contribution >= 4 is 29.2 Å². The Morgan fingerprint density at radius 1 is 1.22 bits per heavy atom. The van der Waals surface area contributed by atoms with E-state index in [0.717, 1.165) is 21.8 Å². The molecule has 27 heavy (non-hydrogen) atoms. The molecule has 0 saturated carbocycles. The van der Waals surface area contributed by atoms with Crippen LogP contribution in [0.5, 0.6) is 5.75 Å². The van der Waals surface area contributed by atoms with E-state index >= 15 is 0 Å². The molecule has 0 spiro atoms. The third kappa shape index (κ3) is 3.23. The summed E-state index contributed by atoms with van der Waals surface area (Å²) in [6.07, 6.45) is 0.149. The number of nitrogens with one attached hydrogen (secondary N) is 2. The Morgan fingerprint density at radius 2 is 2.04 bits per heavy atom. The number of rotatable bonds is 3. The second-order valence-corrected chi connectivity index (χ2v) is 6.62. The van der Waals surface area contributed by atoms with Crippen LogP contribution in [0.25, 0.3) is 0 Å². The van der Waals surface area contributed by atoms with E-state index in [1.807, 2.05) is 25.1 Å². The van der Waals surface area contributed by atoms with Crippen molar-refractivity contribution in [1.29, 1.82) is 0 Å². The number of hydrogen-bond donors (Lipinski definition) is 2. The van der Waals surface area contributed by atoms with E-state index in [1.54, 1.807) is 24.3 Å². The number of aryl methyl sites for hydroxylation is 1. The second-order valence-electron chi connectivity index (χ2n) is 6.62. The van der Waals surface area contributed by atoms with Crippen LogP contribution in [-0.4, -0.2) is 30.5 Å². The molecule has 2 N–H and O–H groups in total. The first kappa shape index (κ1) is 17.1. The summed E-state index contributed by atoms with van der Waals surface area (Å²) in [5.74, 6) is 0.228. The molecule has 2 aromatic rings. The summed E-state index contributed by atoms with van der Waals surface area (Å²) < 4.78 is 5.81. The predicted octanol–water partition coefficient (Wildman–Crippen LogP) is 2.38. The Kier molecular flexibility index (Phi) is 4.27. The fourth-order valence-corrected chi connectivity index (χ4v) is 3.36. The minimum absolute atomic E-state index is 0.246. The Hall–Kier alpha value is -3.35. The van der Waals surface area contributed by atoms with E-state index in [2.05, 4.69) is 10.6 Å². The first-order valence-corrected chi connectivity index (χ1v) is 8.80. The fourth-order valence-electron chi connectivity index (χ4n) is 3.36. The van der Waals surface area contributed by atoms with E-state index in [-0.39, 0.29) is 18.2 Å². The number of nitrogens with zero attached hydrogens (tertiary/aromatic N) is 1. The molecule has 0 bridgehead atoms. The van der Waals surface area contributed by atoms with E-state index < -0.39 is 12.1 Å². The van der Waals surface area contributed by atoms with Crippen LogP contribution < -0.4 is 20.3 Å². The van der Waals surface area contributed by atoms with Gasteiger partial charge in [0, 0.05) is 25.1 Å². The first-order chi connectivity index (χ1) is 13.0. The van der Waals surface area contributed by atoms with Crippen molar-refractivity contribution in [2.24, 2.45) is 0 Å². The number of carbonyl (C=O) groups excluding carboxylic acids is 3. The normalized spacial score (nSPS) is 18.6. The molecule has 0 radical (unpaired) electrons. The van der Waals surface area contributed by atoms with Gasteiger partial charge in [0.25, 0.3) is 5.91 Å². The van der Waals surface area contributed by atoms with Crippen molar-refractivity contribution in [3.63, 3.8) is 0 Å². The van der Waals surface area contributed by atoms with Crippen molar-refractivity contribution in [2.45, 2.75) is 25.9 Å². The number of benzene rings is 2. The zero-order valence-corrected chi connectivity index (χ0v) is 14.8. The largest absolute Gasteiger partial charge is 0.480 e. The second kappa shape index (κ2) is 6.75. The lowest BCUT2D eigenvalue weighted by Crippen LogP contribution is -2.50. The SMILES string of the molecule is Cc1cccc2c1O[C@@H](C(=O)Nc1cccc(N3C(=O)CCNC3=O)c1)C2. The zero-order valence-electron chi connectivity index (χ0n) is 14.8. The van der Waals surface area contributed by atoms with Crippen LogP contribution >= 0.6 is 0 Å². The highest BCUT2D eigenvalue weighted by Crippen LogP contribution is 2.32. The lowest BCUT2D eigenvalue weighted by molar-refractivity contribution is -0.122. The van der Waals surface area contributed by atoms with Crippen LogP contribution in [0.1, 0.15) is 17.5 Å². The van der Waals surface area contributed by atoms with Crippen molar-refractivity contribution in [1.82, 2.24) is 5.32 Å². The molecular formula is C20H19N3O4. The average Bonchev–Trinajstić information content (AvgIpc) is 3.08. The summed E-state index contributed by atoms with van der Waals surface area (Å²) in [6.45, 7) is 2.28. The Bertz CT molecular complexity index is 925. The van der Waals surface area contributed by atoms with Gasteiger partial charge in [-0.25, -0.2) is 9.69 Å². The summed E-state index contributed by atoms with van der Waals surface area (Å²) >= 11 is 0. The number of carbonyl (C=O) groups is 3. The Labute approximate surface area is 156 Å². The quantitative estimate of drug-likeness (QED) is 0.874. The molecule has 2 aliphatic heterocycles. The van der Waals surface area contributed by atoms with Gasteiger partial charge in [-0.15, -0.1) is 0 Å². The topological polar surface area (TPSA) is 87.7 Å². The number of hydrogen-bond acceptors (Lipinski definition) is 4. The lowest BCUT2D eigenvalue weighted by atomic mass is 10.1. The van der Waals surface area contributed by atoms with Crippen LogP contribution in [-0.2, 0) is 16.0 Å². The molecule has 2 aromatic carbocycles. The molecule has 2 heterocycles. The molecule has 7 heteroatoms. The monoisotopic (exact) mass is 365 g/mol. The maximum Gasteiger partial charge on any atom is 0.328 e. The van der Waals surface area contributed by atoms with Gasteiger partial charge in [0.15, 0.2) is 6.10 Å². The Morgan fingerprint density at radius 3 is 2.81 bits per heavy atom. The molecule has 0 aliphatic carbocycles. The maximum atomic E-state index is 12.6. The van der Waals surface area contributed by atoms with Crippen molar-refractivity contribution in [3.8, 4) is 5.75 Å². The first-order valence-electron chi connectivity index (χ1n) is 8.80. The maximum absolute atomic E-state index is 12.6. The number of anilines is 2. The summed E-state index contributed by atoms with van der Waals surface area (Å²) in [5.41, 5.74) is 2.93. The van der Waals surface area contributed by atoms with Crippen molar-refractivity contribution < 1.29 is 19.1 Å². The Balaban J connectivity index is 1.49. The zero-order chi connectivity index (χ0) is 19.0. The summed E-state index contributed by atoms with van der Waals surface area (Å²) in [4.78, 5) is 37.8. The molecule has 4 rings (SSSR count). The number of urea groups is 1. The highest BCUT2D eigenvalue weighted by molar-refractivity contribution is 6.16. The highest BCUT2D eigenvalue weighted by atomic mass is 16.5. The van der Waals surface area contributed by atoms with Gasteiger partial charge in [-0.2, -0.15) is 0 Å². The molecule has 1 saturated heterocycles. The van der Waals surface area contributed by atoms with Gasteiger partial charge >= 0.3 is 6.03 Å². The molecule has 1 atom stereocenters. The lowest BCUT2D eigenvalue weighted by Gasteiger charge is -2.26. The molecular weight excluding hydrogens is 346 g/mol. The van der Waals surface area contributed by atoms with E-state index in [1.165, 1.54) is 0 Å². The molecule has 138 valence electrons. The summed E-state index contributed by atoms with van der Waals surface area (Å²) in [6, 6.07) is 12.1. The molecule has 7 nitrogen and oxygen atoms in total. The smallest absolute Gasteiger partial charge is 0.328 e. The van der Waals surface area contributed by atoms with Gasteiger partial charge in [-0.3, -0.25) is 9.59 Å². The van der Waals surface area contributed by atoms with Crippen LogP contribution in [0.3, 0.4) is 0 Å². The number of para-hydroxylation sites is 1. The van der Waals surface area contributed by atoms with Gasteiger partial charge in [0.2, 0.25) is 5.91 Å². The van der Waals surface area contributed by atoms with Gasteiger partial charge in [0.05, 0.1) is 5.69 Å². The number of fused-ring (bicyclic) bond motifs is 1. The van der Waals surface area contributed by atoms with Gasteiger partial charge < -0.3 is 15.4 Å². The third-order valence-electron chi connectivity index (χ3n) is 4.69. The average molecular weight is 365 g/mol. The highest BCUT2D eigenvalue weighted by Gasteiger charge is 2.31. The third-order valence-corrected chi connectivity index (χ3v) is 4.69. The summed E-state index contributed by atoms with van der Waals surface area (Å²) in [5, 5.41) is 5.45. The van der Waals surface area contributed by atoms with Crippen LogP contribution in [0.4, 0.5) is 16.2 Å². The van der Waals surface area contributed by atoms with E-state index in [4.69, 9.17) is 4.74 Å². The van der Waals surface area contributed by atoms with Crippen LogP contribution in [0.15, 0.2) is 42.5 Å². The van der Waals surface area contributed by atoms with E-state index in [0.29, 0.717) is 24.3 Å². The predicted molar refractivity (Wildman–Crippen MR) is 99.9 cm³/mol. The standard InChI is InChI=1S/C20H19N3O4/c1-12-4-2-5-13-10-16(27-18(12)13)19(25)22-14-6-3-7-15(11-14)23-17(24)8-9-21-20(23)26/h2-7,11,16H,8-10H2,1H3,(H,21,26)(H,22,25)/t16-/m1/s1. The molecule has 4 amide bonds. The van der Waals surface area contributed by atoms with Gasteiger partial charge in [-0.05, 0) is 36.2 Å². The fraction of sp³-hybridized carbons (Fsp3) is 0.250. The summed E-state index contributed by atoms with van der Waals surface area (Å²) in [7, 11) is 0. The minimum Gasteiger partial charge on any atom is -0.480 e. The van der Waals surface area contributed by atoms with Crippen LogP contribution in [0, 0.1) is 6.92 Å². The van der Waals surface area contributed by atoms with Gasteiger partial charge in [0.1, 0.15) is 5.75 Å². The van der Waals surface area contributed by atoms with Crippen molar-refractivity contribution in [3.05, 3.63) is 53.6 Å². The molecule has 0 aromatic heterocycles. The van der Waals surface area contributed by atoms with Crippen LogP contribution in [0.2, 0.25) is 0 Å². The molecule has 0 unspecified atom stereocenters.